The molecule has 5 nitrogen and oxygen atoms in total. The highest BCUT2D eigenvalue weighted by atomic mass is 16.6. The van der Waals surface area contributed by atoms with Crippen molar-refractivity contribution >= 4 is 11.7 Å². The van der Waals surface area contributed by atoms with Crippen LogP contribution in [0, 0.1) is 11.8 Å². The number of benzene rings is 1. The number of esters is 1. The van der Waals surface area contributed by atoms with Crippen LogP contribution in [0.15, 0.2) is 41.2 Å². The molecule has 0 spiro atoms. The molecule has 0 saturated carbocycles. The monoisotopic (exact) mass is 445 g/mol. The number of hydrogen-bond acceptors (Lipinski definition) is 5. The second kappa shape index (κ2) is 6.68. The zero-order valence-corrected chi connectivity index (χ0v) is 19.6. The molecule has 1 aliphatic carbocycles. The minimum absolute atomic E-state index is 0.0554. The van der Waals surface area contributed by atoms with Crippen LogP contribution in [0.4, 0.5) is 5.69 Å². The topological polar surface area (TPSA) is 48.0 Å². The van der Waals surface area contributed by atoms with Crippen LogP contribution in [0.1, 0.15) is 56.2 Å². The van der Waals surface area contributed by atoms with Crippen molar-refractivity contribution in [2.75, 3.05) is 24.6 Å². The average molecular weight is 446 g/mol. The van der Waals surface area contributed by atoms with Gasteiger partial charge in [0.1, 0.15) is 23.2 Å². The molecule has 1 aromatic rings. The first-order valence-electron chi connectivity index (χ1n) is 12.5. The van der Waals surface area contributed by atoms with E-state index in [1.807, 2.05) is 13.0 Å². The normalized spacial score (nSPS) is 32.8. The number of ether oxygens (including phenoxy) is 3. The fourth-order valence-corrected chi connectivity index (χ4v) is 7.06. The van der Waals surface area contributed by atoms with E-state index < -0.39 is 5.60 Å². The second-order valence-corrected chi connectivity index (χ2v) is 11.0. The minimum Gasteiger partial charge on any atom is -0.492 e. The molecular formula is C28H31NO4. The Kier molecular flexibility index (Phi) is 4.00. The average Bonchev–Trinajstić information content (AvgIpc) is 2.78. The highest BCUT2D eigenvalue weighted by Crippen LogP contribution is 2.57. The van der Waals surface area contributed by atoms with Crippen molar-refractivity contribution in [2.24, 2.45) is 11.8 Å². The summed E-state index contributed by atoms with van der Waals surface area (Å²) in [6.45, 7) is 9.17. The van der Waals surface area contributed by atoms with Crippen molar-refractivity contribution in [2.45, 2.75) is 64.1 Å². The van der Waals surface area contributed by atoms with Gasteiger partial charge in [0.15, 0.2) is 0 Å². The fraction of sp³-hybridized carbons (Fsp3) is 0.536. The molecule has 4 atom stereocenters. The lowest BCUT2D eigenvalue weighted by atomic mass is 9.66. The molecule has 0 saturated heterocycles. The molecule has 33 heavy (non-hydrogen) atoms. The molecule has 6 aliphatic rings. The summed E-state index contributed by atoms with van der Waals surface area (Å²) in [5.41, 5.74) is 6.76. The van der Waals surface area contributed by atoms with Crippen LogP contribution in [0.2, 0.25) is 0 Å². The number of carbonyl (C=O) groups excluding carboxylic acids is 1. The van der Waals surface area contributed by atoms with Crippen molar-refractivity contribution in [3.63, 3.8) is 0 Å². The molecule has 0 N–H and O–H groups in total. The molecule has 5 aliphatic heterocycles. The number of fused-ring (bicyclic) bond motifs is 7. The number of rotatable bonds is 0. The van der Waals surface area contributed by atoms with Crippen LogP contribution in [-0.2, 0) is 27.1 Å². The van der Waals surface area contributed by atoms with Gasteiger partial charge in [-0.05, 0) is 64.2 Å². The van der Waals surface area contributed by atoms with E-state index in [9.17, 15) is 4.79 Å². The Hall–Kier alpha value is -2.69. The van der Waals surface area contributed by atoms with E-state index >= 15 is 0 Å². The van der Waals surface area contributed by atoms with Gasteiger partial charge < -0.3 is 19.1 Å². The number of carbonyl (C=O) groups is 1. The van der Waals surface area contributed by atoms with Gasteiger partial charge in [-0.3, -0.25) is 0 Å². The SMILES string of the molecule is CC1=CC2OC(=O)C3=C(OC(C)(C)[C@@H]4COc5c(cc6c7c5CCCN7CCC6)[C@H]34)C2C=C1. The first-order chi connectivity index (χ1) is 15.9. The molecular weight excluding hydrogens is 414 g/mol. The molecule has 0 bridgehead atoms. The third kappa shape index (κ3) is 2.68. The second-order valence-electron chi connectivity index (χ2n) is 11.0. The summed E-state index contributed by atoms with van der Waals surface area (Å²) < 4.78 is 19.2. The zero-order chi connectivity index (χ0) is 22.5. The minimum atomic E-state index is -0.438. The maximum atomic E-state index is 13.5. The summed E-state index contributed by atoms with van der Waals surface area (Å²) in [4.78, 5) is 16.1. The Labute approximate surface area is 195 Å². The van der Waals surface area contributed by atoms with Gasteiger partial charge in [-0.1, -0.05) is 17.7 Å². The maximum absolute atomic E-state index is 13.5. The number of aryl methyl sites for hydroxylation is 1. The van der Waals surface area contributed by atoms with Gasteiger partial charge in [-0.15, -0.1) is 0 Å². The molecule has 0 amide bonds. The van der Waals surface area contributed by atoms with E-state index in [4.69, 9.17) is 14.2 Å². The fourth-order valence-electron chi connectivity index (χ4n) is 7.06. The Morgan fingerprint density at radius 3 is 2.82 bits per heavy atom. The summed E-state index contributed by atoms with van der Waals surface area (Å²) in [6.07, 6.45) is 10.5. The summed E-state index contributed by atoms with van der Waals surface area (Å²) >= 11 is 0. The first-order valence-corrected chi connectivity index (χ1v) is 12.5. The van der Waals surface area contributed by atoms with E-state index in [-0.39, 0.29) is 29.8 Å². The predicted octanol–water partition coefficient (Wildman–Crippen LogP) is 4.60. The van der Waals surface area contributed by atoms with Gasteiger partial charge in [0, 0.05) is 41.7 Å². The lowest BCUT2D eigenvalue weighted by Crippen LogP contribution is -2.52. The summed E-state index contributed by atoms with van der Waals surface area (Å²) in [5.74, 6) is 1.56. The first kappa shape index (κ1) is 19.7. The van der Waals surface area contributed by atoms with Crippen molar-refractivity contribution in [3.8, 4) is 5.75 Å². The lowest BCUT2D eigenvalue weighted by molar-refractivity contribution is -0.154. The molecule has 5 heteroatoms. The zero-order valence-electron chi connectivity index (χ0n) is 19.6. The van der Waals surface area contributed by atoms with Gasteiger partial charge >= 0.3 is 5.97 Å². The van der Waals surface area contributed by atoms with E-state index in [0.29, 0.717) is 6.61 Å². The molecule has 5 heterocycles. The Balaban J connectivity index is 1.45. The molecule has 0 fully saturated rings. The standard InChI is InChI=1S/C28H31NO4/c1-15-8-9-17-21(12-15)32-27(30)23-22-19-13-16-6-4-10-29-11-5-7-18(24(16)29)25(19)31-14-20(22)28(2,3)33-26(17)23/h8-9,12-13,17,20-22H,4-7,10-11,14H2,1-3H3/t17?,20-,21?,22+/m1/s1. The predicted molar refractivity (Wildman–Crippen MR) is 125 cm³/mol. The highest BCUT2D eigenvalue weighted by molar-refractivity contribution is 5.93. The smallest absolute Gasteiger partial charge is 0.338 e. The number of hydrogen-bond donors (Lipinski definition) is 0. The van der Waals surface area contributed by atoms with Gasteiger partial charge in [0.05, 0.1) is 18.1 Å². The van der Waals surface area contributed by atoms with Crippen molar-refractivity contribution < 1.29 is 19.0 Å². The van der Waals surface area contributed by atoms with Crippen molar-refractivity contribution in [1.82, 2.24) is 0 Å². The maximum Gasteiger partial charge on any atom is 0.338 e. The molecule has 1 aromatic carbocycles. The van der Waals surface area contributed by atoms with E-state index in [0.717, 1.165) is 55.0 Å². The third-order valence-electron chi connectivity index (χ3n) is 8.60. The largest absolute Gasteiger partial charge is 0.492 e. The lowest BCUT2D eigenvalue weighted by Gasteiger charge is -2.51. The quantitative estimate of drug-likeness (QED) is 0.547. The van der Waals surface area contributed by atoms with Crippen LogP contribution >= 0.6 is 0 Å². The Morgan fingerprint density at radius 1 is 1.15 bits per heavy atom. The number of anilines is 1. The molecule has 2 unspecified atom stereocenters. The highest BCUT2D eigenvalue weighted by Gasteiger charge is 2.55. The molecule has 7 rings (SSSR count). The summed E-state index contributed by atoms with van der Waals surface area (Å²) in [7, 11) is 0. The Bertz CT molecular complexity index is 1170. The van der Waals surface area contributed by atoms with Crippen LogP contribution in [0.3, 0.4) is 0 Å². The van der Waals surface area contributed by atoms with Gasteiger partial charge in [0.25, 0.3) is 0 Å². The van der Waals surface area contributed by atoms with Crippen LogP contribution in [-0.4, -0.2) is 37.4 Å². The van der Waals surface area contributed by atoms with Crippen LogP contribution in [0.5, 0.6) is 5.75 Å². The van der Waals surface area contributed by atoms with E-state index in [1.165, 1.54) is 28.8 Å². The number of nitrogens with zero attached hydrogens (tertiary/aromatic N) is 1. The molecule has 0 radical (unpaired) electrons. The van der Waals surface area contributed by atoms with Crippen molar-refractivity contribution in [1.29, 1.82) is 0 Å². The summed E-state index contributed by atoms with van der Waals surface area (Å²) in [5, 5.41) is 0. The van der Waals surface area contributed by atoms with Crippen LogP contribution < -0.4 is 9.64 Å². The summed E-state index contributed by atoms with van der Waals surface area (Å²) in [6, 6.07) is 2.36. The van der Waals surface area contributed by atoms with Crippen molar-refractivity contribution in [3.05, 3.63) is 57.9 Å². The van der Waals surface area contributed by atoms with Crippen LogP contribution in [0.25, 0.3) is 0 Å². The molecule has 172 valence electrons. The Morgan fingerprint density at radius 2 is 1.97 bits per heavy atom. The van der Waals surface area contributed by atoms with Gasteiger partial charge in [-0.2, -0.15) is 0 Å². The van der Waals surface area contributed by atoms with Gasteiger partial charge in [-0.25, -0.2) is 4.79 Å². The molecule has 0 aromatic heterocycles. The van der Waals surface area contributed by atoms with E-state index in [2.05, 4.69) is 37.0 Å². The number of allylic oxidation sites excluding steroid dienone is 2. The van der Waals surface area contributed by atoms with Gasteiger partial charge in [0.2, 0.25) is 0 Å². The third-order valence-corrected chi connectivity index (χ3v) is 8.60. The van der Waals surface area contributed by atoms with E-state index in [1.54, 1.807) is 0 Å².